The molecule has 2 aromatic heterocycles. The quantitative estimate of drug-likeness (QED) is 0.252. The second-order valence-electron chi connectivity index (χ2n) is 9.92. The fourth-order valence-corrected chi connectivity index (χ4v) is 5.47. The topological polar surface area (TPSA) is 68.5 Å². The highest BCUT2D eigenvalue weighted by Crippen LogP contribution is 2.42. The number of piperidine rings is 1. The molecule has 4 aromatic rings. The lowest BCUT2D eigenvalue weighted by molar-refractivity contribution is -0.140. The molecule has 0 radical (unpaired) electrons. The number of hydrogen-bond donors (Lipinski definition) is 0. The van der Waals surface area contributed by atoms with Crippen molar-refractivity contribution in [3.05, 3.63) is 72.2 Å². The van der Waals surface area contributed by atoms with E-state index in [4.69, 9.17) is 14.1 Å². The molecule has 1 aliphatic rings. The summed E-state index contributed by atoms with van der Waals surface area (Å²) in [5.74, 6) is 1.20. The molecule has 5 rings (SSSR count). The highest BCUT2D eigenvalue weighted by Gasteiger charge is 2.26. The minimum atomic E-state index is -0.134. The summed E-state index contributed by atoms with van der Waals surface area (Å²) in [7, 11) is 1.45. The molecule has 0 spiro atoms. The Morgan fingerprint density at radius 2 is 1.89 bits per heavy atom. The monoisotopic (exact) mass is 497 g/mol. The fraction of sp³-hybridized carbons (Fsp3) is 0.387. The Hall–Kier alpha value is -3.51. The van der Waals surface area contributed by atoms with E-state index in [1.807, 2.05) is 18.2 Å². The lowest BCUT2D eigenvalue weighted by Crippen LogP contribution is -2.37. The van der Waals surface area contributed by atoms with Crippen LogP contribution in [0.1, 0.15) is 43.9 Å². The SMILES string of the molecule is CCc1ccc(-c2c(-c3ccccc3)oc3ncnc(C[C@@H]4CCCN(CCCC(=O)OC)C4)c23)cc1. The van der Waals surface area contributed by atoms with E-state index in [-0.39, 0.29) is 5.97 Å². The number of rotatable bonds is 9. The average Bonchev–Trinajstić information content (AvgIpc) is 3.34. The first-order chi connectivity index (χ1) is 18.2. The van der Waals surface area contributed by atoms with Crippen LogP contribution < -0.4 is 0 Å². The Labute approximate surface area is 218 Å². The first-order valence-corrected chi connectivity index (χ1v) is 13.4. The van der Waals surface area contributed by atoms with Crippen LogP contribution in [0.2, 0.25) is 0 Å². The fourth-order valence-electron chi connectivity index (χ4n) is 5.47. The van der Waals surface area contributed by atoms with E-state index in [1.165, 1.54) is 19.1 Å². The summed E-state index contributed by atoms with van der Waals surface area (Å²) in [6, 6.07) is 19.0. The molecule has 192 valence electrons. The number of furan rings is 1. The first-order valence-electron chi connectivity index (χ1n) is 13.4. The van der Waals surface area contributed by atoms with Gasteiger partial charge in [0.1, 0.15) is 12.1 Å². The third-order valence-corrected chi connectivity index (χ3v) is 7.42. The zero-order chi connectivity index (χ0) is 25.6. The van der Waals surface area contributed by atoms with Crippen LogP contribution in [0.25, 0.3) is 33.6 Å². The van der Waals surface area contributed by atoms with Gasteiger partial charge in [0.05, 0.1) is 18.2 Å². The Morgan fingerprint density at radius 1 is 1.08 bits per heavy atom. The molecule has 1 fully saturated rings. The molecule has 37 heavy (non-hydrogen) atoms. The molecule has 0 amide bonds. The van der Waals surface area contributed by atoms with Crippen LogP contribution in [0.3, 0.4) is 0 Å². The van der Waals surface area contributed by atoms with E-state index < -0.39 is 0 Å². The lowest BCUT2D eigenvalue weighted by atomic mass is 9.90. The molecule has 1 atom stereocenters. The highest BCUT2D eigenvalue weighted by atomic mass is 16.5. The van der Waals surface area contributed by atoms with E-state index >= 15 is 0 Å². The van der Waals surface area contributed by atoms with Crippen molar-refractivity contribution in [2.75, 3.05) is 26.7 Å². The summed E-state index contributed by atoms with van der Waals surface area (Å²) in [6.07, 6.45) is 7.15. The number of fused-ring (bicyclic) bond motifs is 1. The number of methoxy groups -OCH3 is 1. The van der Waals surface area contributed by atoms with Gasteiger partial charge in [-0.3, -0.25) is 4.79 Å². The van der Waals surface area contributed by atoms with Crippen molar-refractivity contribution in [1.82, 2.24) is 14.9 Å². The van der Waals surface area contributed by atoms with E-state index in [9.17, 15) is 4.79 Å². The van der Waals surface area contributed by atoms with Gasteiger partial charge < -0.3 is 14.1 Å². The van der Waals surface area contributed by atoms with Crippen LogP contribution in [-0.2, 0) is 22.4 Å². The maximum atomic E-state index is 11.5. The maximum Gasteiger partial charge on any atom is 0.305 e. The van der Waals surface area contributed by atoms with Crippen LogP contribution in [0.4, 0.5) is 0 Å². The van der Waals surface area contributed by atoms with Crippen molar-refractivity contribution in [3.8, 4) is 22.5 Å². The van der Waals surface area contributed by atoms with Crippen molar-refractivity contribution in [2.24, 2.45) is 5.92 Å². The molecule has 0 aliphatic carbocycles. The van der Waals surface area contributed by atoms with Gasteiger partial charge in [0.2, 0.25) is 5.71 Å². The number of benzene rings is 2. The lowest BCUT2D eigenvalue weighted by Gasteiger charge is -2.32. The minimum absolute atomic E-state index is 0.134. The standard InChI is InChI=1S/C31H35N3O3/c1-3-22-13-15-24(16-14-22)28-29-26(19-23-9-7-17-34(20-23)18-8-12-27(35)36-2)32-21-33-31(29)37-30(28)25-10-5-4-6-11-25/h4-6,10-11,13-16,21,23H,3,7-9,12,17-20H2,1-2H3/t23-/m0/s1. The molecular formula is C31H35N3O3. The number of ether oxygens (including phenoxy) is 1. The van der Waals surface area contributed by atoms with Gasteiger partial charge in [-0.2, -0.15) is 0 Å². The summed E-state index contributed by atoms with van der Waals surface area (Å²) in [4.78, 5) is 23.3. The van der Waals surface area contributed by atoms with Gasteiger partial charge in [-0.1, -0.05) is 61.5 Å². The van der Waals surface area contributed by atoms with Crippen molar-refractivity contribution >= 4 is 17.1 Å². The number of carbonyl (C=O) groups excluding carboxylic acids is 1. The summed E-state index contributed by atoms with van der Waals surface area (Å²) in [6.45, 7) is 5.18. The highest BCUT2D eigenvalue weighted by molar-refractivity contribution is 6.01. The summed E-state index contributed by atoms with van der Waals surface area (Å²) < 4.78 is 11.2. The second kappa shape index (κ2) is 11.7. The number of hydrogen-bond acceptors (Lipinski definition) is 6. The number of likely N-dealkylation sites (tertiary alicyclic amines) is 1. The predicted octanol–water partition coefficient (Wildman–Crippen LogP) is 6.33. The first kappa shape index (κ1) is 25.2. The molecule has 6 nitrogen and oxygen atoms in total. The predicted molar refractivity (Wildman–Crippen MR) is 146 cm³/mol. The number of nitrogens with zero attached hydrogens (tertiary/aromatic N) is 3. The largest absolute Gasteiger partial charge is 0.469 e. The molecule has 2 aromatic carbocycles. The second-order valence-corrected chi connectivity index (χ2v) is 9.92. The zero-order valence-electron chi connectivity index (χ0n) is 21.8. The van der Waals surface area contributed by atoms with Gasteiger partial charge in [0.15, 0.2) is 0 Å². The van der Waals surface area contributed by atoms with E-state index in [1.54, 1.807) is 6.33 Å². The molecule has 1 aliphatic heterocycles. The van der Waals surface area contributed by atoms with Crippen molar-refractivity contribution in [3.63, 3.8) is 0 Å². The summed E-state index contributed by atoms with van der Waals surface area (Å²) in [5.41, 5.74) is 6.24. The third-order valence-electron chi connectivity index (χ3n) is 7.42. The van der Waals surface area contributed by atoms with Gasteiger partial charge in [-0.25, -0.2) is 9.97 Å². The van der Waals surface area contributed by atoms with Crippen molar-refractivity contribution in [1.29, 1.82) is 0 Å². The van der Waals surface area contributed by atoms with E-state index in [0.717, 1.165) is 78.8 Å². The molecule has 6 heteroatoms. The maximum absolute atomic E-state index is 11.5. The molecule has 1 saturated heterocycles. The van der Waals surface area contributed by atoms with Gasteiger partial charge in [0.25, 0.3) is 0 Å². The van der Waals surface area contributed by atoms with Crippen molar-refractivity contribution in [2.45, 2.75) is 45.4 Å². The Bertz CT molecular complexity index is 1330. The molecule has 3 heterocycles. The van der Waals surface area contributed by atoms with Crippen molar-refractivity contribution < 1.29 is 13.9 Å². The smallest absolute Gasteiger partial charge is 0.305 e. The summed E-state index contributed by atoms with van der Waals surface area (Å²) >= 11 is 0. The van der Waals surface area contributed by atoms with Gasteiger partial charge in [-0.05, 0) is 62.2 Å². The zero-order valence-corrected chi connectivity index (χ0v) is 21.8. The van der Waals surface area contributed by atoms with E-state index in [2.05, 4.69) is 53.2 Å². The third kappa shape index (κ3) is 5.75. The molecule has 0 N–H and O–H groups in total. The Morgan fingerprint density at radius 3 is 2.65 bits per heavy atom. The number of esters is 1. The molecular weight excluding hydrogens is 462 g/mol. The molecule has 0 saturated carbocycles. The van der Waals surface area contributed by atoms with Crippen LogP contribution in [0.15, 0.2) is 65.3 Å². The number of aryl methyl sites for hydroxylation is 1. The molecule has 0 unspecified atom stereocenters. The number of aromatic nitrogens is 2. The summed E-state index contributed by atoms with van der Waals surface area (Å²) in [5, 5.41) is 1.02. The Kier molecular flexibility index (Phi) is 7.95. The van der Waals surface area contributed by atoms with Gasteiger partial charge in [0, 0.05) is 24.1 Å². The van der Waals surface area contributed by atoms with Crippen LogP contribution in [0, 0.1) is 5.92 Å². The van der Waals surface area contributed by atoms with E-state index in [0.29, 0.717) is 18.1 Å². The normalized spacial score (nSPS) is 16.2. The van der Waals surface area contributed by atoms with Crippen LogP contribution >= 0.6 is 0 Å². The average molecular weight is 498 g/mol. The minimum Gasteiger partial charge on any atom is -0.469 e. The molecule has 0 bridgehead atoms. The van der Waals surface area contributed by atoms with Crippen LogP contribution in [0.5, 0.6) is 0 Å². The van der Waals surface area contributed by atoms with Gasteiger partial charge >= 0.3 is 5.97 Å². The number of carbonyl (C=O) groups is 1. The van der Waals surface area contributed by atoms with Gasteiger partial charge in [-0.15, -0.1) is 0 Å². The Balaban J connectivity index is 1.47. The van der Waals surface area contributed by atoms with Crippen LogP contribution in [-0.4, -0.2) is 47.6 Å².